The lowest BCUT2D eigenvalue weighted by molar-refractivity contribution is -0.118. The SMILES string of the molecule is CCCNC(=O)CSc1nc2ccc(C)cc2[nH]1. The van der Waals surface area contributed by atoms with Crippen LogP contribution in [0.5, 0.6) is 0 Å². The zero-order chi connectivity index (χ0) is 13.0. The zero-order valence-corrected chi connectivity index (χ0v) is 11.4. The van der Waals surface area contributed by atoms with Crippen molar-refractivity contribution in [2.45, 2.75) is 25.4 Å². The topological polar surface area (TPSA) is 57.8 Å². The third kappa shape index (κ3) is 3.26. The van der Waals surface area contributed by atoms with Gasteiger partial charge in [-0.15, -0.1) is 0 Å². The van der Waals surface area contributed by atoms with Crippen molar-refractivity contribution in [3.63, 3.8) is 0 Å². The van der Waals surface area contributed by atoms with Gasteiger partial charge in [0, 0.05) is 6.54 Å². The van der Waals surface area contributed by atoms with E-state index in [0.29, 0.717) is 5.75 Å². The van der Waals surface area contributed by atoms with Crippen LogP contribution in [0, 0.1) is 6.92 Å². The van der Waals surface area contributed by atoms with Gasteiger partial charge in [0.2, 0.25) is 5.91 Å². The number of carbonyl (C=O) groups is 1. The molecule has 0 aliphatic heterocycles. The van der Waals surface area contributed by atoms with Crippen LogP contribution in [0.25, 0.3) is 11.0 Å². The lowest BCUT2D eigenvalue weighted by atomic mass is 10.2. The molecule has 0 aliphatic rings. The van der Waals surface area contributed by atoms with Gasteiger partial charge in [0.05, 0.1) is 16.8 Å². The van der Waals surface area contributed by atoms with Crippen molar-refractivity contribution >= 4 is 28.7 Å². The van der Waals surface area contributed by atoms with E-state index < -0.39 is 0 Å². The maximum Gasteiger partial charge on any atom is 0.230 e. The Kier molecular flexibility index (Phi) is 4.25. The Balaban J connectivity index is 1.97. The number of aromatic nitrogens is 2. The number of benzene rings is 1. The molecule has 2 N–H and O–H groups in total. The number of aryl methyl sites for hydroxylation is 1. The normalized spacial score (nSPS) is 10.8. The number of hydrogen-bond donors (Lipinski definition) is 2. The fourth-order valence-corrected chi connectivity index (χ4v) is 2.33. The van der Waals surface area contributed by atoms with Gasteiger partial charge >= 0.3 is 0 Å². The number of thioether (sulfide) groups is 1. The van der Waals surface area contributed by atoms with Crippen LogP contribution in [0.2, 0.25) is 0 Å². The number of carbonyl (C=O) groups excluding carboxylic acids is 1. The average molecular weight is 263 g/mol. The van der Waals surface area contributed by atoms with Gasteiger partial charge in [-0.1, -0.05) is 24.8 Å². The molecule has 0 saturated heterocycles. The first kappa shape index (κ1) is 13.0. The Morgan fingerprint density at radius 1 is 1.50 bits per heavy atom. The smallest absolute Gasteiger partial charge is 0.230 e. The summed E-state index contributed by atoms with van der Waals surface area (Å²) in [7, 11) is 0. The predicted molar refractivity (Wildman–Crippen MR) is 74.9 cm³/mol. The molecule has 96 valence electrons. The van der Waals surface area contributed by atoms with Crippen molar-refractivity contribution < 1.29 is 4.79 Å². The van der Waals surface area contributed by atoms with E-state index in [0.717, 1.165) is 29.2 Å². The molecule has 0 radical (unpaired) electrons. The first-order valence-corrected chi connectivity index (χ1v) is 7.03. The van der Waals surface area contributed by atoms with Gasteiger partial charge in [-0.2, -0.15) is 0 Å². The molecule has 0 bridgehead atoms. The second-order valence-electron chi connectivity index (χ2n) is 4.20. The number of aromatic amines is 1. The van der Waals surface area contributed by atoms with Crippen molar-refractivity contribution in [3.8, 4) is 0 Å². The number of nitrogens with zero attached hydrogens (tertiary/aromatic N) is 1. The molecule has 0 atom stereocenters. The number of fused-ring (bicyclic) bond motifs is 1. The highest BCUT2D eigenvalue weighted by Crippen LogP contribution is 2.19. The van der Waals surface area contributed by atoms with Crippen molar-refractivity contribution in [1.29, 1.82) is 0 Å². The molecule has 4 nitrogen and oxygen atoms in total. The Hall–Kier alpha value is -1.49. The minimum absolute atomic E-state index is 0.0542. The van der Waals surface area contributed by atoms with Gasteiger partial charge < -0.3 is 10.3 Å². The summed E-state index contributed by atoms with van der Waals surface area (Å²) in [6, 6.07) is 6.08. The molecule has 18 heavy (non-hydrogen) atoms. The van der Waals surface area contributed by atoms with Crippen LogP contribution >= 0.6 is 11.8 Å². The fourth-order valence-electron chi connectivity index (χ4n) is 1.62. The number of H-pyrrole nitrogens is 1. The van der Waals surface area contributed by atoms with Gasteiger partial charge in [-0.3, -0.25) is 4.79 Å². The summed E-state index contributed by atoms with van der Waals surface area (Å²) in [6.45, 7) is 4.82. The number of rotatable bonds is 5. The molecule has 5 heteroatoms. The molecule has 0 saturated carbocycles. The van der Waals surface area contributed by atoms with E-state index in [1.54, 1.807) is 0 Å². The summed E-state index contributed by atoms with van der Waals surface area (Å²) in [5, 5.41) is 3.64. The molecule has 0 spiro atoms. The number of nitrogens with one attached hydrogen (secondary N) is 2. The lowest BCUT2D eigenvalue weighted by Crippen LogP contribution is -2.25. The quantitative estimate of drug-likeness (QED) is 0.815. The summed E-state index contributed by atoms with van der Waals surface area (Å²) >= 11 is 1.43. The molecule has 1 aromatic carbocycles. The Labute approximate surface area is 111 Å². The molecular formula is C13H17N3OS. The molecule has 1 amide bonds. The Morgan fingerprint density at radius 3 is 3.11 bits per heavy atom. The fraction of sp³-hybridized carbons (Fsp3) is 0.385. The standard InChI is InChI=1S/C13H17N3OS/c1-3-6-14-12(17)8-18-13-15-10-5-4-9(2)7-11(10)16-13/h4-5,7H,3,6,8H2,1-2H3,(H,14,17)(H,15,16). The Bertz CT molecular complexity index is 550. The monoisotopic (exact) mass is 263 g/mol. The zero-order valence-electron chi connectivity index (χ0n) is 10.6. The van der Waals surface area contributed by atoms with Crippen molar-refractivity contribution in [2.24, 2.45) is 0 Å². The molecule has 0 aliphatic carbocycles. The molecule has 2 aromatic rings. The second kappa shape index (κ2) is 5.91. The lowest BCUT2D eigenvalue weighted by Gasteiger charge is -2.00. The van der Waals surface area contributed by atoms with E-state index in [9.17, 15) is 4.79 Å². The van der Waals surface area contributed by atoms with E-state index in [1.807, 2.05) is 26.0 Å². The third-order valence-corrected chi connectivity index (χ3v) is 3.40. The van der Waals surface area contributed by atoms with Gasteiger partial charge in [-0.05, 0) is 31.0 Å². The summed E-state index contributed by atoms with van der Waals surface area (Å²) in [6.07, 6.45) is 0.959. The summed E-state index contributed by atoms with van der Waals surface area (Å²) < 4.78 is 0. The molecule has 1 aromatic heterocycles. The largest absolute Gasteiger partial charge is 0.355 e. The molecular weight excluding hydrogens is 246 g/mol. The van der Waals surface area contributed by atoms with Gasteiger partial charge in [0.1, 0.15) is 0 Å². The van der Waals surface area contributed by atoms with Crippen LogP contribution in [0.3, 0.4) is 0 Å². The van der Waals surface area contributed by atoms with Crippen molar-refractivity contribution in [2.75, 3.05) is 12.3 Å². The molecule has 1 heterocycles. The summed E-state index contributed by atoms with van der Waals surface area (Å²) in [5.41, 5.74) is 3.16. The van der Waals surface area contributed by atoms with Crippen LogP contribution < -0.4 is 5.32 Å². The maximum atomic E-state index is 11.5. The molecule has 2 rings (SSSR count). The maximum absolute atomic E-state index is 11.5. The van der Waals surface area contributed by atoms with E-state index in [4.69, 9.17) is 0 Å². The van der Waals surface area contributed by atoms with Crippen molar-refractivity contribution in [3.05, 3.63) is 23.8 Å². The summed E-state index contributed by atoms with van der Waals surface area (Å²) in [4.78, 5) is 19.1. The van der Waals surface area contributed by atoms with Crippen molar-refractivity contribution in [1.82, 2.24) is 15.3 Å². The van der Waals surface area contributed by atoms with Crippen LogP contribution in [0.4, 0.5) is 0 Å². The second-order valence-corrected chi connectivity index (χ2v) is 5.17. The van der Waals surface area contributed by atoms with Gasteiger partial charge in [-0.25, -0.2) is 4.98 Å². The predicted octanol–water partition coefficient (Wildman–Crippen LogP) is 2.49. The average Bonchev–Trinajstić information content (AvgIpc) is 2.75. The minimum Gasteiger partial charge on any atom is -0.355 e. The van der Waals surface area contributed by atoms with Gasteiger partial charge in [0.25, 0.3) is 0 Å². The van der Waals surface area contributed by atoms with E-state index in [2.05, 4.69) is 21.4 Å². The molecule has 0 unspecified atom stereocenters. The minimum atomic E-state index is 0.0542. The Morgan fingerprint density at radius 2 is 2.33 bits per heavy atom. The highest BCUT2D eigenvalue weighted by atomic mass is 32.2. The van der Waals surface area contributed by atoms with Crippen LogP contribution in [-0.4, -0.2) is 28.2 Å². The highest BCUT2D eigenvalue weighted by Gasteiger charge is 2.06. The molecule has 0 fully saturated rings. The summed E-state index contributed by atoms with van der Waals surface area (Å²) in [5.74, 6) is 0.456. The number of amides is 1. The highest BCUT2D eigenvalue weighted by molar-refractivity contribution is 7.99. The van der Waals surface area contributed by atoms with E-state index >= 15 is 0 Å². The third-order valence-electron chi connectivity index (χ3n) is 2.53. The first-order valence-electron chi connectivity index (χ1n) is 6.05. The number of imidazole rings is 1. The van der Waals surface area contributed by atoms with Gasteiger partial charge in [0.15, 0.2) is 5.16 Å². The van der Waals surface area contributed by atoms with Crippen LogP contribution in [0.1, 0.15) is 18.9 Å². The van der Waals surface area contributed by atoms with Crippen LogP contribution in [-0.2, 0) is 4.79 Å². The number of hydrogen-bond acceptors (Lipinski definition) is 3. The van der Waals surface area contributed by atoms with E-state index in [-0.39, 0.29) is 5.91 Å². The van der Waals surface area contributed by atoms with Crippen LogP contribution in [0.15, 0.2) is 23.4 Å². The first-order chi connectivity index (χ1) is 8.69. The van der Waals surface area contributed by atoms with E-state index in [1.165, 1.54) is 17.3 Å².